The third-order valence-corrected chi connectivity index (χ3v) is 4.08. The average molecular weight is 344 g/mol. The van der Waals surface area contributed by atoms with E-state index in [1.807, 2.05) is 0 Å². The van der Waals surface area contributed by atoms with Gasteiger partial charge < -0.3 is 10.3 Å². The monoisotopic (exact) mass is 344 g/mol. The molecule has 0 bridgehead atoms. The fourth-order valence-electron chi connectivity index (χ4n) is 2.70. The number of nitrogens with two attached hydrogens (primary N) is 1. The van der Waals surface area contributed by atoms with Crippen LogP contribution < -0.4 is 11.3 Å². The number of benzene rings is 1. The van der Waals surface area contributed by atoms with Gasteiger partial charge in [0, 0.05) is 12.7 Å². The van der Waals surface area contributed by atoms with Crippen LogP contribution in [0.4, 0.5) is 14.6 Å². The van der Waals surface area contributed by atoms with E-state index < -0.39 is 11.6 Å². The number of halogens is 2. The first-order valence-corrected chi connectivity index (χ1v) is 8.12. The highest BCUT2D eigenvalue weighted by Gasteiger charge is 2.14. The van der Waals surface area contributed by atoms with Crippen LogP contribution in [0, 0.1) is 11.6 Å². The Morgan fingerprint density at radius 3 is 2.72 bits per heavy atom. The molecule has 3 aromatic rings. The molecule has 5 nitrogen and oxygen atoms in total. The van der Waals surface area contributed by atoms with Crippen molar-refractivity contribution in [3.8, 4) is 11.4 Å². The van der Waals surface area contributed by atoms with Crippen LogP contribution in [-0.4, -0.2) is 14.5 Å². The van der Waals surface area contributed by atoms with Gasteiger partial charge in [-0.1, -0.05) is 19.8 Å². The second-order valence-electron chi connectivity index (χ2n) is 5.87. The first-order chi connectivity index (χ1) is 12.0. The molecule has 0 aliphatic heterocycles. The summed E-state index contributed by atoms with van der Waals surface area (Å²) in [6, 6.07) is 4.40. The molecule has 130 valence electrons. The topological polar surface area (TPSA) is 73.8 Å². The lowest BCUT2D eigenvalue weighted by atomic mass is 10.1. The van der Waals surface area contributed by atoms with E-state index in [0.717, 1.165) is 25.5 Å². The summed E-state index contributed by atoms with van der Waals surface area (Å²) in [6.07, 6.45) is 5.57. The fraction of sp³-hybridized carbons (Fsp3) is 0.278. The van der Waals surface area contributed by atoms with Crippen molar-refractivity contribution in [1.82, 2.24) is 14.5 Å². The molecule has 0 aliphatic rings. The molecule has 0 atom stereocenters. The number of hydrogen-bond acceptors (Lipinski definition) is 4. The Hall–Kier alpha value is -2.83. The van der Waals surface area contributed by atoms with Crippen molar-refractivity contribution in [1.29, 1.82) is 0 Å². The Balaban J connectivity index is 2.06. The van der Waals surface area contributed by atoms with Crippen molar-refractivity contribution in [2.24, 2.45) is 0 Å². The number of nitrogen functional groups attached to an aromatic ring is 1. The molecule has 2 heterocycles. The highest BCUT2D eigenvalue weighted by molar-refractivity contribution is 5.86. The lowest BCUT2D eigenvalue weighted by molar-refractivity contribution is 0.590. The van der Waals surface area contributed by atoms with Gasteiger partial charge in [0.1, 0.15) is 5.82 Å². The van der Waals surface area contributed by atoms with Gasteiger partial charge in [0.05, 0.1) is 17.1 Å². The van der Waals surface area contributed by atoms with E-state index in [-0.39, 0.29) is 28.2 Å². The molecular weight excluding hydrogens is 326 g/mol. The summed E-state index contributed by atoms with van der Waals surface area (Å²) in [6.45, 7) is 2.69. The van der Waals surface area contributed by atoms with Crippen LogP contribution in [0.5, 0.6) is 0 Å². The average Bonchev–Trinajstić information content (AvgIpc) is 2.60. The Morgan fingerprint density at radius 2 is 2.00 bits per heavy atom. The standard InChI is InChI=1S/C18H18F2N4O/c1-2-3-4-6-24-7-5-11-8-13(14(19)9-12(11)18(24)25)17-22-10-15(20)16(21)23-17/h5,7-10H,2-4,6H2,1H3,(H2,21,22,23). The predicted octanol–water partition coefficient (Wildman–Crippen LogP) is 3.51. The molecule has 2 N–H and O–H groups in total. The number of fused-ring (bicyclic) bond motifs is 1. The summed E-state index contributed by atoms with van der Waals surface area (Å²) in [4.78, 5) is 20.1. The van der Waals surface area contributed by atoms with Gasteiger partial charge in [-0.05, 0) is 30.0 Å². The van der Waals surface area contributed by atoms with E-state index in [1.54, 1.807) is 16.8 Å². The van der Waals surface area contributed by atoms with Gasteiger partial charge in [-0.15, -0.1) is 0 Å². The van der Waals surface area contributed by atoms with Gasteiger partial charge in [-0.2, -0.15) is 0 Å². The van der Waals surface area contributed by atoms with Crippen LogP contribution >= 0.6 is 0 Å². The predicted molar refractivity (Wildman–Crippen MR) is 93.1 cm³/mol. The van der Waals surface area contributed by atoms with Crippen molar-refractivity contribution in [2.45, 2.75) is 32.7 Å². The van der Waals surface area contributed by atoms with E-state index >= 15 is 0 Å². The maximum absolute atomic E-state index is 14.5. The van der Waals surface area contributed by atoms with E-state index in [9.17, 15) is 13.6 Å². The summed E-state index contributed by atoms with van der Waals surface area (Å²) < 4.78 is 29.3. The molecule has 3 rings (SSSR count). The third-order valence-electron chi connectivity index (χ3n) is 4.08. The minimum absolute atomic E-state index is 0.0228. The maximum atomic E-state index is 14.5. The Labute approximate surface area is 143 Å². The second-order valence-corrected chi connectivity index (χ2v) is 5.87. The van der Waals surface area contributed by atoms with Gasteiger partial charge >= 0.3 is 0 Å². The number of aromatic nitrogens is 3. The van der Waals surface area contributed by atoms with Crippen molar-refractivity contribution in [2.75, 3.05) is 5.73 Å². The van der Waals surface area contributed by atoms with Crippen molar-refractivity contribution < 1.29 is 8.78 Å². The number of rotatable bonds is 5. The van der Waals surface area contributed by atoms with Crippen LogP contribution in [-0.2, 0) is 6.54 Å². The summed E-state index contributed by atoms with van der Waals surface area (Å²) in [5.74, 6) is -1.79. The molecule has 0 fully saturated rings. The summed E-state index contributed by atoms with van der Waals surface area (Å²) in [7, 11) is 0. The lowest BCUT2D eigenvalue weighted by Crippen LogP contribution is -2.19. The molecule has 2 aromatic heterocycles. The number of nitrogens with zero attached hydrogens (tertiary/aromatic N) is 3. The largest absolute Gasteiger partial charge is 0.381 e. The molecule has 7 heteroatoms. The zero-order chi connectivity index (χ0) is 18.0. The second kappa shape index (κ2) is 6.96. The lowest BCUT2D eigenvalue weighted by Gasteiger charge is -2.09. The van der Waals surface area contributed by atoms with Gasteiger partial charge in [0.2, 0.25) is 0 Å². The van der Waals surface area contributed by atoms with Crippen molar-refractivity contribution >= 4 is 16.6 Å². The smallest absolute Gasteiger partial charge is 0.258 e. The SMILES string of the molecule is CCCCCn1ccc2cc(-c3ncc(F)c(N)n3)c(F)cc2c1=O. The summed E-state index contributed by atoms with van der Waals surface area (Å²) in [5.41, 5.74) is 5.25. The van der Waals surface area contributed by atoms with E-state index in [2.05, 4.69) is 16.9 Å². The zero-order valence-corrected chi connectivity index (χ0v) is 13.8. The number of hydrogen-bond donors (Lipinski definition) is 1. The van der Waals surface area contributed by atoms with Crippen LogP contribution in [0.25, 0.3) is 22.2 Å². The minimum atomic E-state index is -0.764. The van der Waals surface area contributed by atoms with Crippen LogP contribution in [0.15, 0.2) is 35.4 Å². The fourth-order valence-corrected chi connectivity index (χ4v) is 2.70. The summed E-state index contributed by atoms with van der Waals surface area (Å²) >= 11 is 0. The highest BCUT2D eigenvalue weighted by Crippen LogP contribution is 2.25. The molecule has 1 aromatic carbocycles. The molecular formula is C18H18F2N4O. The maximum Gasteiger partial charge on any atom is 0.258 e. The number of anilines is 1. The van der Waals surface area contributed by atoms with Crippen molar-refractivity contribution in [3.63, 3.8) is 0 Å². The first kappa shape index (κ1) is 17.0. The molecule has 0 spiro atoms. The van der Waals surface area contributed by atoms with Crippen LogP contribution in [0.2, 0.25) is 0 Å². The highest BCUT2D eigenvalue weighted by atomic mass is 19.1. The van der Waals surface area contributed by atoms with Gasteiger partial charge in [-0.3, -0.25) is 4.79 Å². The van der Waals surface area contributed by atoms with Gasteiger partial charge in [0.15, 0.2) is 17.5 Å². The van der Waals surface area contributed by atoms with E-state index in [0.29, 0.717) is 11.9 Å². The normalized spacial score (nSPS) is 11.2. The quantitative estimate of drug-likeness (QED) is 0.719. The zero-order valence-electron chi connectivity index (χ0n) is 13.8. The van der Waals surface area contributed by atoms with Crippen LogP contribution in [0.3, 0.4) is 0 Å². The van der Waals surface area contributed by atoms with Crippen molar-refractivity contribution in [3.05, 3.63) is 52.6 Å². The number of unbranched alkanes of at least 4 members (excludes halogenated alkanes) is 2. The van der Waals surface area contributed by atoms with Gasteiger partial charge in [-0.25, -0.2) is 18.7 Å². The van der Waals surface area contributed by atoms with Gasteiger partial charge in [0.25, 0.3) is 5.56 Å². The molecule has 0 saturated carbocycles. The number of pyridine rings is 1. The van der Waals surface area contributed by atoms with E-state index in [1.165, 1.54) is 12.1 Å². The number of aryl methyl sites for hydroxylation is 1. The Morgan fingerprint density at radius 1 is 1.20 bits per heavy atom. The Kier molecular flexibility index (Phi) is 4.74. The molecule has 25 heavy (non-hydrogen) atoms. The van der Waals surface area contributed by atoms with E-state index in [4.69, 9.17) is 5.73 Å². The molecule has 0 aliphatic carbocycles. The molecule has 0 unspecified atom stereocenters. The minimum Gasteiger partial charge on any atom is -0.381 e. The third kappa shape index (κ3) is 3.35. The van der Waals surface area contributed by atoms with Crippen LogP contribution in [0.1, 0.15) is 26.2 Å². The summed E-state index contributed by atoms with van der Waals surface area (Å²) in [5, 5.41) is 0.856. The molecule has 0 radical (unpaired) electrons. The molecule has 0 amide bonds. The Bertz CT molecular complexity index is 985. The molecule has 0 saturated heterocycles. The first-order valence-electron chi connectivity index (χ1n) is 8.12.